The van der Waals surface area contributed by atoms with E-state index in [1.807, 2.05) is 6.92 Å². The number of hydrogen-bond donors (Lipinski definition) is 0. The van der Waals surface area contributed by atoms with E-state index in [0.29, 0.717) is 11.8 Å². The molecule has 6 rings (SSSR count). The Kier molecular flexibility index (Phi) is 5.06. The summed E-state index contributed by atoms with van der Waals surface area (Å²) in [7, 11) is 0. The minimum Gasteiger partial charge on any atom is -0.354 e. The predicted octanol–water partition coefficient (Wildman–Crippen LogP) is 4.47. The number of hydrogen-bond acceptors (Lipinski definition) is 4. The number of carbonyl (C=O) groups excluding carboxylic acids is 1. The number of carbonyl (C=O) groups is 1. The number of aromatic nitrogens is 2. The molecule has 5 aliphatic rings. The standard InChI is InChI=1S/C25H38N4O/c1-16(2)22-17(3)26-18(4)27-23(22)28-6-5-7-29(9-8-28)24(30)25-13-19-10-20(14-25)12-21(11-19)15-25/h16,19-21H,5-15H2,1-4H3. The maximum absolute atomic E-state index is 13.8. The van der Waals surface area contributed by atoms with Crippen molar-refractivity contribution in [1.82, 2.24) is 14.9 Å². The Bertz CT molecular complexity index is 797. The number of nitrogens with zero attached hydrogens (tertiary/aromatic N) is 4. The van der Waals surface area contributed by atoms with Crippen LogP contribution in [0.15, 0.2) is 0 Å². The van der Waals surface area contributed by atoms with Gasteiger partial charge in [-0.2, -0.15) is 0 Å². The first-order valence-corrected chi connectivity index (χ1v) is 12.2. The van der Waals surface area contributed by atoms with Gasteiger partial charge in [-0.25, -0.2) is 9.97 Å². The van der Waals surface area contributed by atoms with E-state index < -0.39 is 0 Å². The molecule has 0 spiro atoms. The van der Waals surface area contributed by atoms with Crippen molar-refractivity contribution in [2.75, 3.05) is 31.1 Å². The van der Waals surface area contributed by atoms with Crippen LogP contribution in [0.3, 0.4) is 0 Å². The molecule has 2 heterocycles. The highest BCUT2D eigenvalue weighted by molar-refractivity contribution is 5.83. The minimum atomic E-state index is -0.0187. The van der Waals surface area contributed by atoms with E-state index in [0.717, 1.165) is 67.7 Å². The lowest BCUT2D eigenvalue weighted by molar-refractivity contribution is -0.157. The minimum absolute atomic E-state index is 0.0187. The molecule has 5 nitrogen and oxygen atoms in total. The predicted molar refractivity (Wildman–Crippen MR) is 120 cm³/mol. The Morgan fingerprint density at radius 3 is 2.17 bits per heavy atom. The third-order valence-electron chi connectivity index (χ3n) is 8.38. The van der Waals surface area contributed by atoms with Crippen LogP contribution >= 0.6 is 0 Å². The van der Waals surface area contributed by atoms with E-state index in [4.69, 9.17) is 4.98 Å². The van der Waals surface area contributed by atoms with Crippen molar-refractivity contribution in [3.8, 4) is 0 Å². The molecule has 5 fully saturated rings. The summed E-state index contributed by atoms with van der Waals surface area (Å²) in [6, 6.07) is 0. The third-order valence-corrected chi connectivity index (χ3v) is 8.38. The van der Waals surface area contributed by atoms with E-state index in [9.17, 15) is 4.79 Å². The van der Waals surface area contributed by atoms with Crippen LogP contribution in [0.4, 0.5) is 5.82 Å². The number of anilines is 1. The molecule has 1 saturated heterocycles. The quantitative estimate of drug-likeness (QED) is 0.738. The summed E-state index contributed by atoms with van der Waals surface area (Å²) in [5.74, 6) is 5.30. The van der Waals surface area contributed by atoms with Gasteiger partial charge in [0.25, 0.3) is 0 Å². The van der Waals surface area contributed by atoms with Crippen molar-refractivity contribution in [2.24, 2.45) is 23.2 Å². The zero-order valence-electron chi connectivity index (χ0n) is 19.3. The molecule has 0 radical (unpaired) electrons. The fourth-order valence-electron chi connectivity index (χ4n) is 7.66. The Hall–Kier alpha value is -1.65. The van der Waals surface area contributed by atoms with Gasteiger partial charge in [-0.1, -0.05) is 13.8 Å². The molecule has 0 aromatic carbocycles. The number of rotatable bonds is 3. The second kappa shape index (κ2) is 7.49. The summed E-state index contributed by atoms with van der Waals surface area (Å²) < 4.78 is 0. The SMILES string of the molecule is Cc1nc(C)c(C(C)C)c(N2CCCN(C(=O)C34CC5CC(CC(C5)C3)C4)CC2)n1. The van der Waals surface area contributed by atoms with Crippen molar-refractivity contribution >= 4 is 11.7 Å². The van der Waals surface area contributed by atoms with Gasteiger partial charge in [0.15, 0.2) is 0 Å². The first kappa shape index (κ1) is 20.3. The highest BCUT2D eigenvalue weighted by Crippen LogP contribution is 2.60. The zero-order valence-corrected chi connectivity index (χ0v) is 19.3. The highest BCUT2D eigenvalue weighted by Gasteiger charge is 2.55. The molecule has 0 N–H and O–H groups in total. The first-order chi connectivity index (χ1) is 14.3. The molecule has 1 amide bonds. The van der Waals surface area contributed by atoms with Gasteiger partial charge in [-0.15, -0.1) is 0 Å². The Morgan fingerprint density at radius 1 is 0.933 bits per heavy atom. The molecule has 164 valence electrons. The molecule has 4 aliphatic carbocycles. The van der Waals surface area contributed by atoms with Crippen LogP contribution < -0.4 is 4.90 Å². The topological polar surface area (TPSA) is 49.3 Å². The summed E-state index contributed by atoms with van der Waals surface area (Å²) >= 11 is 0. The molecular formula is C25H38N4O. The summed E-state index contributed by atoms with van der Waals surface area (Å²) in [6.45, 7) is 12.1. The van der Waals surface area contributed by atoms with Gasteiger partial charge in [0.05, 0.1) is 5.41 Å². The third kappa shape index (κ3) is 3.42. The van der Waals surface area contributed by atoms with E-state index in [1.54, 1.807) is 0 Å². The van der Waals surface area contributed by atoms with Gasteiger partial charge >= 0.3 is 0 Å². The van der Waals surface area contributed by atoms with E-state index in [2.05, 4.69) is 35.6 Å². The Balaban J connectivity index is 1.34. The lowest BCUT2D eigenvalue weighted by Crippen LogP contribution is -2.55. The summed E-state index contributed by atoms with van der Waals surface area (Å²) in [5, 5.41) is 0. The molecular weight excluding hydrogens is 372 g/mol. The van der Waals surface area contributed by atoms with Crippen LogP contribution in [-0.4, -0.2) is 47.0 Å². The van der Waals surface area contributed by atoms with Gasteiger partial charge in [-0.05, 0) is 82.5 Å². The molecule has 5 heteroatoms. The molecule has 1 aromatic heterocycles. The van der Waals surface area contributed by atoms with Crippen LogP contribution in [0.25, 0.3) is 0 Å². The molecule has 1 aliphatic heterocycles. The molecule has 0 unspecified atom stereocenters. The van der Waals surface area contributed by atoms with E-state index in [1.165, 1.54) is 44.1 Å². The fourth-order valence-corrected chi connectivity index (χ4v) is 7.66. The normalized spacial score (nSPS) is 33.3. The summed E-state index contributed by atoms with van der Waals surface area (Å²) in [6.07, 6.45) is 8.71. The molecule has 0 atom stereocenters. The van der Waals surface area contributed by atoms with Crippen molar-refractivity contribution in [3.05, 3.63) is 17.1 Å². The summed E-state index contributed by atoms with van der Waals surface area (Å²) in [4.78, 5) is 27.9. The van der Waals surface area contributed by atoms with Crippen LogP contribution in [0.2, 0.25) is 0 Å². The van der Waals surface area contributed by atoms with Crippen LogP contribution in [0, 0.1) is 37.0 Å². The van der Waals surface area contributed by atoms with Gasteiger partial charge in [-0.3, -0.25) is 4.79 Å². The van der Waals surface area contributed by atoms with Crippen molar-refractivity contribution in [3.63, 3.8) is 0 Å². The number of aryl methyl sites for hydroxylation is 2. The molecule has 4 bridgehead atoms. The van der Waals surface area contributed by atoms with Crippen LogP contribution in [-0.2, 0) is 4.79 Å². The monoisotopic (exact) mass is 410 g/mol. The van der Waals surface area contributed by atoms with Crippen molar-refractivity contribution in [2.45, 2.75) is 78.6 Å². The average Bonchev–Trinajstić information content (AvgIpc) is 2.91. The molecule has 4 saturated carbocycles. The number of amides is 1. The van der Waals surface area contributed by atoms with Crippen molar-refractivity contribution < 1.29 is 4.79 Å². The maximum Gasteiger partial charge on any atom is 0.228 e. The van der Waals surface area contributed by atoms with Crippen LogP contribution in [0.5, 0.6) is 0 Å². The lowest BCUT2D eigenvalue weighted by atomic mass is 9.49. The smallest absolute Gasteiger partial charge is 0.228 e. The summed E-state index contributed by atoms with van der Waals surface area (Å²) in [5.41, 5.74) is 2.34. The lowest BCUT2D eigenvalue weighted by Gasteiger charge is -2.56. The molecule has 1 aromatic rings. The van der Waals surface area contributed by atoms with E-state index >= 15 is 0 Å². The Labute approximate surface area is 181 Å². The second-order valence-corrected chi connectivity index (χ2v) is 11.1. The van der Waals surface area contributed by atoms with E-state index in [-0.39, 0.29) is 5.41 Å². The van der Waals surface area contributed by atoms with Crippen molar-refractivity contribution in [1.29, 1.82) is 0 Å². The highest BCUT2D eigenvalue weighted by atomic mass is 16.2. The first-order valence-electron chi connectivity index (χ1n) is 12.2. The van der Waals surface area contributed by atoms with Gasteiger partial charge in [0.2, 0.25) is 5.91 Å². The fraction of sp³-hybridized carbons (Fsp3) is 0.800. The zero-order chi connectivity index (χ0) is 21.0. The van der Waals surface area contributed by atoms with Gasteiger partial charge < -0.3 is 9.80 Å². The van der Waals surface area contributed by atoms with Gasteiger partial charge in [0.1, 0.15) is 11.6 Å². The average molecular weight is 411 g/mol. The van der Waals surface area contributed by atoms with Gasteiger partial charge in [0, 0.05) is 37.4 Å². The maximum atomic E-state index is 13.8. The van der Waals surface area contributed by atoms with Crippen LogP contribution in [0.1, 0.15) is 81.8 Å². The largest absolute Gasteiger partial charge is 0.354 e. The molecule has 30 heavy (non-hydrogen) atoms. The second-order valence-electron chi connectivity index (χ2n) is 11.1. The Morgan fingerprint density at radius 2 is 1.57 bits per heavy atom.